The summed E-state index contributed by atoms with van der Waals surface area (Å²) >= 11 is 0. The molecule has 0 radical (unpaired) electrons. The van der Waals surface area contributed by atoms with E-state index in [0.29, 0.717) is 5.57 Å². The van der Waals surface area contributed by atoms with Gasteiger partial charge in [-0.3, -0.25) is 4.79 Å². The topological polar surface area (TPSA) is 55.8 Å². The first kappa shape index (κ1) is 8.87. The molecule has 1 fully saturated rings. The molecule has 0 aromatic heterocycles. The molecule has 2 aliphatic rings. The van der Waals surface area contributed by atoms with Crippen molar-refractivity contribution in [2.75, 3.05) is 6.61 Å². The van der Waals surface area contributed by atoms with E-state index in [-0.39, 0.29) is 18.5 Å². The Morgan fingerprint density at radius 3 is 2.69 bits per heavy atom. The van der Waals surface area contributed by atoms with E-state index in [1.807, 2.05) is 0 Å². The Hall–Kier alpha value is -0.710. The Morgan fingerprint density at radius 1 is 1.46 bits per heavy atom. The average molecular weight is 184 g/mol. The second-order valence-electron chi connectivity index (χ2n) is 3.76. The molecule has 72 valence electrons. The van der Waals surface area contributed by atoms with Gasteiger partial charge in [-0.05, 0) is 25.5 Å². The van der Waals surface area contributed by atoms with E-state index in [0.717, 1.165) is 0 Å². The molecule has 4 heteroatoms. The van der Waals surface area contributed by atoms with E-state index in [2.05, 4.69) is 0 Å². The van der Waals surface area contributed by atoms with Crippen molar-refractivity contribution in [1.29, 1.82) is 0 Å². The zero-order chi connectivity index (χ0) is 9.64. The van der Waals surface area contributed by atoms with Crippen molar-refractivity contribution in [1.82, 2.24) is 0 Å². The maximum Gasteiger partial charge on any atom is 0.187 e. The minimum atomic E-state index is -0.723. The van der Waals surface area contributed by atoms with Gasteiger partial charge in [0.2, 0.25) is 0 Å². The van der Waals surface area contributed by atoms with Crippen LogP contribution in [0.5, 0.6) is 0 Å². The molecule has 0 spiro atoms. The van der Waals surface area contributed by atoms with Crippen molar-refractivity contribution in [2.45, 2.75) is 31.8 Å². The summed E-state index contributed by atoms with van der Waals surface area (Å²) in [6, 6.07) is 0. The van der Waals surface area contributed by atoms with Crippen LogP contribution < -0.4 is 0 Å². The summed E-state index contributed by atoms with van der Waals surface area (Å²) in [7, 11) is 0. The van der Waals surface area contributed by atoms with Gasteiger partial charge in [-0.25, -0.2) is 0 Å². The number of fused-ring (bicyclic) bond motifs is 1. The number of ketones is 1. The number of hydrogen-bond acceptors (Lipinski definition) is 4. The van der Waals surface area contributed by atoms with Crippen molar-refractivity contribution in [3.8, 4) is 0 Å². The molecule has 0 bridgehead atoms. The van der Waals surface area contributed by atoms with Crippen LogP contribution in [0.2, 0.25) is 0 Å². The lowest BCUT2D eigenvalue weighted by molar-refractivity contribution is -0.153. The lowest BCUT2D eigenvalue weighted by atomic mass is 10.2. The third kappa shape index (κ3) is 1.31. The molecule has 1 saturated heterocycles. The Morgan fingerprint density at radius 2 is 2.08 bits per heavy atom. The van der Waals surface area contributed by atoms with Gasteiger partial charge < -0.3 is 14.6 Å². The van der Waals surface area contributed by atoms with Crippen LogP contribution in [0.4, 0.5) is 0 Å². The van der Waals surface area contributed by atoms with Gasteiger partial charge >= 0.3 is 0 Å². The Bertz CT molecular complexity index is 279. The number of carbonyl (C=O) groups is 1. The van der Waals surface area contributed by atoms with Crippen LogP contribution in [0, 0.1) is 0 Å². The number of aliphatic hydroxyl groups is 1. The third-order valence-corrected chi connectivity index (χ3v) is 2.25. The molecule has 2 rings (SSSR count). The maximum atomic E-state index is 11.3. The highest BCUT2D eigenvalue weighted by atomic mass is 16.8. The van der Waals surface area contributed by atoms with Gasteiger partial charge in [0.15, 0.2) is 17.7 Å². The summed E-state index contributed by atoms with van der Waals surface area (Å²) in [5.41, 5.74) is 0.612. The SMILES string of the molecule is CC1(C)OC2C(=O)C=C(CO)[C@H]2O1. The minimum absolute atomic E-state index is 0.111. The fourth-order valence-electron chi connectivity index (χ4n) is 1.72. The van der Waals surface area contributed by atoms with Crippen molar-refractivity contribution in [2.24, 2.45) is 0 Å². The van der Waals surface area contributed by atoms with E-state index in [1.54, 1.807) is 13.8 Å². The van der Waals surface area contributed by atoms with Gasteiger partial charge in [0.1, 0.15) is 6.10 Å². The van der Waals surface area contributed by atoms with Crippen LogP contribution in [0.1, 0.15) is 13.8 Å². The summed E-state index contributed by atoms with van der Waals surface area (Å²) in [6.45, 7) is 3.37. The van der Waals surface area contributed by atoms with Gasteiger partial charge in [0.25, 0.3) is 0 Å². The van der Waals surface area contributed by atoms with Crippen molar-refractivity contribution in [3.63, 3.8) is 0 Å². The minimum Gasteiger partial charge on any atom is -0.392 e. The summed E-state index contributed by atoms with van der Waals surface area (Å²) in [4.78, 5) is 11.3. The van der Waals surface area contributed by atoms with E-state index in [1.165, 1.54) is 6.08 Å². The molecule has 1 N–H and O–H groups in total. The molecule has 1 unspecified atom stereocenters. The fourth-order valence-corrected chi connectivity index (χ4v) is 1.72. The quantitative estimate of drug-likeness (QED) is 0.623. The van der Waals surface area contributed by atoms with Crippen molar-refractivity contribution < 1.29 is 19.4 Å². The third-order valence-electron chi connectivity index (χ3n) is 2.25. The van der Waals surface area contributed by atoms with E-state index in [4.69, 9.17) is 14.6 Å². The van der Waals surface area contributed by atoms with E-state index >= 15 is 0 Å². The summed E-state index contributed by atoms with van der Waals surface area (Å²) < 4.78 is 10.9. The Labute approximate surface area is 76.1 Å². The number of carbonyl (C=O) groups excluding carboxylic acids is 1. The van der Waals surface area contributed by atoms with Crippen LogP contribution >= 0.6 is 0 Å². The molecule has 1 aliphatic carbocycles. The number of ether oxygens (including phenoxy) is 2. The largest absolute Gasteiger partial charge is 0.392 e. The zero-order valence-corrected chi connectivity index (χ0v) is 7.61. The predicted molar refractivity (Wildman–Crippen MR) is 44.0 cm³/mol. The number of rotatable bonds is 1. The van der Waals surface area contributed by atoms with Gasteiger partial charge in [-0.15, -0.1) is 0 Å². The van der Waals surface area contributed by atoms with Crippen molar-refractivity contribution >= 4 is 5.78 Å². The van der Waals surface area contributed by atoms with Crippen molar-refractivity contribution in [3.05, 3.63) is 11.6 Å². The normalized spacial score (nSPS) is 36.2. The van der Waals surface area contributed by atoms with Gasteiger partial charge in [-0.2, -0.15) is 0 Å². The highest BCUT2D eigenvalue weighted by molar-refractivity contribution is 5.98. The number of aliphatic hydroxyl groups excluding tert-OH is 1. The molecular weight excluding hydrogens is 172 g/mol. The Balaban J connectivity index is 2.24. The zero-order valence-electron chi connectivity index (χ0n) is 7.61. The molecular formula is C9H12O4. The van der Waals surface area contributed by atoms with Crippen LogP contribution in [-0.2, 0) is 14.3 Å². The molecule has 1 heterocycles. The summed E-state index contributed by atoms with van der Waals surface area (Å²) in [6.07, 6.45) is 0.481. The van der Waals surface area contributed by atoms with Gasteiger partial charge in [-0.1, -0.05) is 0 Å². The monoisotopic (exact) mass is 184 g/mol. The molecule has 0 aromatic carbocycles. The Kier molecular flexibility index (Phi) is 1.80. The maximum absolute atomic E-state index is 11.3. The highest BCUT2D eigenvalue weighted by Crippen LogP contribution is 2.36. The fraction of sp³-hybridized carbons (Fsp3) is 0.667. The van der Waals surface area contributed by atoms with Crippen LogP contribution in [0.3, 0.4) is 0 Å². The first-order valence-corrected chi connectivity index (χ1v) is 4.24. The van der Waals surface area contributed by atoms with Gasteiger partial charge in [0, 0.05) is 0 Å². The molecule has 0 amide bonds. The number of hydrogen-bond donors (Lipinski definition) is 1. The van der Waals surface area contributed by atoms with E-state index < -0.39 is 11.9 Å². The van der Waals surface area contributed by atoms with Crippen LogP contribution in [-0.4, -0.2) is 35.5 Å². The van der Waals surface area contributed by atoms with E-state index in [9.17, 15) is 4.79 Å². The first-order chi connectivity index (χ1) is 6.03. The predicted octanol–water partition coefficient (Wildman–Crippen LogP) is 0.00790. The standard InChI is InChI=1S/C9H12O4/c1-9(2)12-7-5(4-10)3-6(11)8(7)13-9/h3,7-8,10H,4H2,1-2H3/t7-,8?/m1/s1. The molecule has 0 saturated carbocycles. The second-order valence-corrected chi connectivity index (χ2v) is 3.76. The summed E-state index contributed by atoms with van der Waals surface area (Å²) in [5, 5.41) is 8.95. The van der Waals surface area contributed by atoms with Gasteiger partial charge in [0.05, 0.1) is 6.61 Å². The first-order valence-electron chi connectivity index (χ1n) is 4.24. The summed E-state index contributed by atoms with van der Waals surface area (Å²) in [5.74, 6) is -0.834. The highest BCUT2D eigenvalue weighted by Gasteiger charge is 2.49. The molecule has 0 aromatic rings. The molecule has 1 aliphatic heterocycles. The molecule has 13 heavy (non-hydrogen) atoms. The second kappa shape index (κ2) is 2.64. The van der Waals surface area contributed by atoms with Crippen LogP contribution in [0.25, 0.3) is 0 Å². The lowest BCUT2D eigenvalue weighted by Gasteiger charge is -2.17. The lowest BCUT2D eigenvalue weighted by Crippen LogP contribution is -2.25. The van der Waals surface area contributed by atoms with Crippen LogP contribution in [0.15, 0.2) is 11.6 Å². The average Bonchev–Trinajstić information content (AvgIpc) is 2.47. The molecule has 2 atom stereocenters. The smallest absolute Gasteiger partial charge is 0.187 e. The molecule has 4 nitrogen and oxygen atoms in total.